The van der Waals surface area contributed by atoms with E-state index in [0.717, 1.165) is 0 Å². The molecule has 1 amide bonds. The van der Waals surface area contributed by atoms with Crippen LogP contribution in [0.25, 0.3) is 0 Å². The van der Waals surface area contributed by atoms with Crippen molar-refractivity contribution in [1.29, 1.82) is 0 Å². The number of benzene rings is 1. The van der Waals surface area contributed by atoms with Gasteiger partial charge in [-0.1, -0.05) is 0 Å². The summed E-state index contributed by atoms with van der Waals surface area (Å²) in [6.45, 7) is 0.299. The van der Waals surface area contributed by atoms with Gasteiger partial charge in [-0.15, -0.1) is 12.4 Å². The Hall–Kier alpha value is -1.49. The molecular formula is C11H13ClFNO3. The molecule has 0 unspecified atom stereocenters. The lowest BCUT2D eigenvalue weighted by Gasteiger charge is -2.24. The summed E-state index contributed by atoms with van der Waals surface area (Å²) in [5.41, 5.74) is 0.427. The Balaban J connectivity index is 0.00000144. The Morgan fingerprint density at radius 1 is 1.53 bits per heavy atom. The van der Waals surface area contributed by atoms with Crippen LogP contribution in [-0.4, -0.2) is 19.8 Å². The molecule has 1 atom stereocenters. The first kappa shape index (κ1) is 13.6. The van der Waals surface area contributed by atoms with Gasteiger partial charge in [0, 0.05) is 12.0 Å². The number of cyclic esters (lactones) is 1. The molecule has 4 nitrogen and oxygen atoms in total. The molecule has 0 radical (unpaired) electrons. The Labute approximate surface area is 105 Å². The van der Waals surface area contributed by atoms with Crippen LogP contribution in [0.15, 0.2) is 18.2 Å². The first-order valence-electron chi connectivity index (χ1n) is 4.97. The van der Waals surface area contributed by atoms with Gasteiger partial charge >= 0.3 is 6.09 Å². The molecule has 94 valence electrons. The van der Waals surface area contributed by atoms with Crippen molar-refractivity contribution in [3.05, 3.63) is 29.6 Å². The van der Waals surface area contributed by atoms with Crippen molar-refractivity contribution in [3.63, 3.8) is 0 Å². The molecule has 2 rings (SSSR count). The number of alkyl carbamates (subject to hydrolysis) is 1. The van der Waals surface area contributed by atoms with Gasteiger partial charge in [-0.05, 0) is 18.2 Å². The lowest BCUT2D eigenvalue weighted by molar-refractivity contribution is 0.115. The summed E-state index contributed by atoms with van der Waals surface area (Å²) in [5.74, 6) is 0.213. The summed E-state index contributed by atoms with van der Waals surface area (Å²) in [7, 11) is 1.51. The fraction of sp³-hybridized carbons (Fsp3) is 0.364. The molecule has 0 spiro atoms. The third kappa shape index (κ3) is 3.00. The van der Waals surface area contributed by atoms with E-state index in [1.54, 1.807) is 12.1 Å². The van der Waals surface area contributed by atoms with Crippen molar-refractivity contribution < 1.29 is 18.7 Å². The first-order valence-corrected chi connectivity index (χ1v) is 4.97. The number of methoxy groups -OCH3 is 1. The molecule has 1 heterocycles. The maximum atomic E-state index is 13.6. The molecule has 1 aromatic rings. The van der Waals surface area contributed by atoms with Crippen molar-refractivity contribution in [1.82, 2.24) is 5.32 Å². The van der Waals surface area contributed by atoms with Crippen LogP contribution in [0, 0.1) is 5.82 Å². The van der Waals surface area contributed by atoms with E-state index >= 15 is 0 Å². The van der Waals surface area contributed by atoms with Gasteiger partial charge in [-0.25, -0.2) is 9.18 Å². The average Bonchev–Trinajstić information content (AvgIpc) is 2.30. The summed E-state index contributed by atoms with van der Waals surface area (Å²) in [6.07, 6.45) is 0.0361. The number of halogens is 2. The van der Waals surface area contributed by atoms with E-state index < -0.39 is 6.09 Å². The van der Waals surface area contributed by atoms with Crippen molar-refractivity contribution >= 4 is 18.5 Å². The van der Waals surface area contributed by atoms with E-state index in [1.165, 1.54) is 13.2 Å². The number of hydrogen-bond acceptors (Lipinski definition) is 3. The molecule has 0 bridgehead atoms. The van der Waals surface area contributed by atoms with Crippen LogP contribution in [0.2, 0.25) is 0 Å². The number of carbonyl (C=O) groups excluding carboxylic acids is 1. The van der Waals surface area contributed by atoms with Gasteiger partial charge in [0.25, 0.3) is 0 Å². The molecule has 1 aliphatic heterocycles. The fourth-order valence-electron chi connectivity index (χ4n) is 1.67. The van der Waals surface area contributed by atoms with Gasteiger partial charge in [-0.3, -0.25) is 0 Å². The van der Waals surface area contributed by atoms with Gasteiger partial charge in [0.05, 0.1) is 19.8 Å². The minimum Gasteiger partial charge on any atom is -0.497 e. The van der Waals surface area contributed by atoms with Crippen LogP contribution in [0.4, 0.5) is 9.18 Å². The zero-order chi connectivity index (χ0) is 11.5. The highest BCUT2D eigenvalue weighted by molar-refractivity contribution is 5.85. The monoisotopic (exact) mass is 261 g/mol. The lowest BCUT2D eigenvalue weighted by atomic mass is 10.0. The molecule has 1 saturated heterocycles. The molecular weight excluding hydrogens is 249 g/mol. The van der Waals surface area contributed by atoms with Gasteiger partial charge in [0.15, 0.2) is 0 Å². The van der Waals surface area contributed by atoms with E-state index in [4.69, 9.17) is 9.47 Å². The summed E-state index contributed by atoms with van der Waals surface area (Å²) in [6, 6.07) is 4.11. The molecule has 17 heavy (non-hydrogen) atoms. The topological polar surface area (TPSA) is 47.6 Å². The smallest absolute Gasteiger partial charge is 0.407 e. The quantitative estimate of drug-likeness (QED) is 0.889. The Morgan fingerprint density at radius 2 is 2.29 bits per heavy atom. The van der Waals surface area contributed by atoms with Crippen LogP contribution in [0.1, 0.15) is 18.0 Å². The number of nitrogens with one attached hydrogen (secondary N) is 1. The van der Waals surface area contributed by atoms with Crippen LogP contribution < -0.4 is 10.1 Å². The van der Waals surface area contributed by atoms with E-state index in [-0.39, 0.29) is 24.3 Å². The Bertz CT molecular complexity index is 414. The second-order valence-corrected chi connectivity index (χ2v) is 3.51. The first-order chi connectivity index (χ1) is 7.70. The highest BCUT2D eigenvalue weighted by Gasteiger charge is 2.23. The summed E-state index contributed by atoms with van der Waals surface area (Å²) < 4.78 is 23.3. The van der Waals surface area contributed by atoms with Gasteiger partial charge in [-0.2, -0.15) is 0 Å². The highest BCUT2D eigenvalue weighted by atomic mass is 35.5. The van der Waals surface area contributed by atoms with E-state index in [2.05, 4.69) is 5.32 Å². The van der Waals surface area contributed by atoms with Crippen LogP contribution >= 0.6 is 12.4 Å². The highest BCUT2D eigenvalue weighted by Crippen LogP contribution is 2.26. The van der Waals surface area contributed by atoms with Crippen molar-refractivity contribution in [2.45, 2.75) is 12.5 Å². The predicted molar refractivity (Wildman–Crippen MR) is 62.0 cm³/mol. The number of rotatable bonds is 2. The fourth-order valence-corrected chi connectivity index (χ4v) is 1.67. The van der Waals surface area contributed by atoms with Gasteiger partial charge in [0.2, 0.25) is 0 Å². The average molecular weight is 262 g/mol. The SMILES string of the molecule is COc1ccc(F)c([C@H]2CCOC(=O)N2)c1.Cl. The predicted octanol–water partition coefficient (Wildman–Crippen LogP) is 2.43. The van der Waals surface area contributed by atoms with E-state index in [9.17, 15) is 9.18 Å². The number of carbonyl (C=O) groups is 1. The van der Waals surface area contributed by atoms with Crippen molar-refractivity contribution in [3.8, 4) is 5.75 Å². The second-order valence-electron chi connectivity index (χ2n) is 3.51. The summed E-state index contributed by atoms with van der Waals surface area (Å²) >= 11 is 0. The third-order valence-electron chi connectivity index (χ3n) is 2.51. The zero-order valence-corrected chi connectivity index (χ0v) is 10.1. The number of ether oxygens (including phenoxy) is 2. The van der Waals surface area contributed by atoms with Crippen molar-refractivity contribution in [2.24, 2.45) is 0 Å². The molecule has 0 aromatic heterocycles. The standard InChI is InChI=1S/C11H12FNO3.ClH/c1-15-7-2-3-9(12)8(6-7)10-4-5-16-11(14)13-10;/h2-3,6,10H,4-5H2,1H3,(H,13,14);1H/t10-;/m1./s1. The summed E-state index contributed by atoms with van der Waals surface area (Å²) in [5, 5.41) is 2.57. The third-order valence-corrected chi connectivity index (χ3v) is 2.51. The molecule has 0 aliphatic carbocycles. The van der Waals surface area contributed by atoms with Crippen LogP contribution in [0.3, 0.4) is 0 Å². The molecule has 6 heteroatoms. The van der Waals surface area contributed by atoms with Gasteiger partial charge in [0.1, 0.15) is 11.6 Å². The molecule has 1 aliphatic rings. The van der Waals surface area contributed by atoms with Crippen LogP contribution in [0.5, 0.6) is 5.75 Å². The molecule has 1 aromatic carbocycles. The number of amides is 1. The molecule has 1 N–H and O–H groups in total. The zero-order valence-electron chi connectivity index (χ0n) is 9.23. The minimum atomic E-state index is -0.515. The lowest BCUT2D eigenvalue weighted by Crippen LogP contribution is -2.35. The Morgan fingerprint density at radius 3 is 2.94 bits per heavy atom. The number of hydrogen-bond donors (Lipinski definition) is 1. The molecule has 0 saturated carbocycles. The normalized spacial score (nSPS) is 18.7. The summed E-state index contributed by atoms with van der Waals surface area (Å²) in [4.78, 5) is 11.0. The largest absolute Gasteiger partial charge is 0.497 e. The minimum absolute atomic E-state index is 0. The maximum absolute atomic E-state index is 13.6. The van der Waals surface area contributed by atoms with E-state index in [1.807, 2.05) is 0 Å². The maximum Gasteiger partial charge on any atom is 0.407 e. The van der Waals surface area contributed by atoms with Crippen LogP contribution in [-0.2, 0) is 4.74 Å². The second kappa shape index (κ2) is 5.72. The van der Waals surface area contributed by atoms with E-state index in [0.29, 0.717) is 24.3 Å². The van der Waals surface area contributed by atoms with Crippen molar-refractivity contribution in [2.75, 3.05) is 13.7 Å². The Kier molecular flexibility index (Phi) is 4.57. The molecule has 1 fully saturated rings. The van der Waals surface area contributed by atoms with Gasteiger partial charge < -0.3 is 14.8 Å².